The third kappa shape index (κ3) is 5.06. The van der Waals surface area contributed by atoms with Gasteiger partial charge in [-0.25, -0.2) is 0 Å². The first kappa shape index (κ1) is 16.9. The largest absolute Gasteiger partial charge is 0.460 e. The van der Waals surface area contributed by atoms with E-state index in [2.05, 4.69) is 0 Å². The maximum atomic E-state index is 12.6. The van der Waals surface area contributed by atoms with E-state index in [1.807, 2.05) is 50.2 Å². The fraction of sp³-hybridized carbons (Fsp3) is 0.300. The van der Waals surface area contributed by atoms with Gasteiger partial charge in [0.25, 0.3) is 0 Å². The van der Waals surface area contributed by atoms with Crippen LogP contribution in [0.2, 0.25) is 0 Å². The lowest BCUT2D eigenvalue weighted by molar-refractivity contribution is -0.148. The molecule has 23 heavy (non-hydrogen) atoms. The van der Waals surface area contributed by atoms with Gasteiger partial charge < -0.3 is 4.74 Å². The van der Waals surface area contributed by atoms with Crippen LogP contribution in [0.4, 0.5) is 0 Å². The van der Waals surface area contributed by atoms with Crippen LogP contribution in [0.3, 0.4) is 0 Å². The first-order valence-electron chi connectivity index (χ1n) is 7.87. The molecule has 0 bridgehead atoms. The van der Waals surface area contributed by atoms with Crippen molar-refractivity contribution in [2.24, 2.45) is 11.8 Å². The van der Waals surface area contributed by atoms with Crippen LogP contribution < -0.4 is 0 Å². The highest BCUT2D eigenvalue weighted by atomic mass is 16.5. The van der Waals surface area contributed by atoms with Gasteiger partial charge in [-0.05, 0) is 17.9 Å². The highest BCUT2D eigenvalue weighted by Gasteiger charge is 2.29. The van der Waals surface area contributed by atoms with Crippen molar-refractivity contribution in [1.29, 1.82) is 0 Å². The molecular weight excluding hydrogens is 288 g/mol. The van der Waals surface area contributed by atoms with Gasteiger partial charge in [0, 0.05) is 5.56 Å². The SMILES string of the molecule is CC(C)CC(C(=O)OCc1ccccc1)C(=O)c1ccccc1. The average Bonchev–Trinajstić information content (AvgIpc) is 2.58. The number of ether oxygens (including phenoxy) is 1. The van der Waals surface area contributed by atoms with E-state index in [1.54, 1.807) is 24.3 Å². The van der Waals surface area contributed by atoms with E-state index in [0.717, 1.165) is 5.56 Å². The number of rotatable bonds is 7. The molecule has 0 amide bonds. The molecule has 0 aromatic heterocycles. The Morgan fingerprint density at radius 3 is 2.04 bits per heavy atom. The van der Waals surface area contributed by atoms with Crippen molar-refractivity contribution < 1.29 is 14.3 Å². The molecule has 0 spiro atoms. The molecule has 2 rings (SSSR count). The Morgan fingerprint density at radius 2 is 1.48 bits per heavy atom. The van der Waals surface area contributed by atoms with Gasteiger partial charge in [0.1, 0.15) is 12.5 Å². The summed E-state index contributed by atoms with van der Waals surface area (Å²) in [5.41, 5.74) is 1.46. The average molecular weight is 310 g/mol. The van der Waals surface area contributed by atoms with E-state index < -0.39 is 11.9 Å². The van der Waals surface area contributed by atoms with Crippen LogP contribution in [-0.4, -0.2) is 11.8 Å². The second kappa shape index (κ2) is 8.28. The molecular formula is C20H22O3. The number of carbonyl (C=O) groups excluding carboxylic acids is 2. The van der Waals surface area contributed by atoms with Crippen LogP contribution in [0.5, 0.6) is 0 Å². The van der Waals surface area contributed by atoms with E-state index in [1.165, 1.54) is 0 Å². The van der Waals surface area contributed by atoms with Crippen LogP contribution in [0, 0.1) is 11.8 Å². The molecule has 3 heteroatoms. The molecule has 0 saturated heterocycles. The molecule has 2 aromatic rings. The number of hydrogen-bond acceptors (Lipinski definition) is 3. The predicted molar refractivity (Wildman–Crippen MR) is 90.0 cm³/mol. The molecule has 0 aliphatic carbocycles. The zero-order valence-corrected chi connectivity index (χ0v) is 13.6. The Labute approximate surface area is 137 Å². The maximum absolute atomic E-state index is 12.6. The van der Waals surface area contributed by atoms with Crippen LogP contribution in [0.1, 0.15) is 36.2 Å². The summed E-state index contributed by atoms with van der Waals surface area (Å²) in [6.07, 6.45) is 0.487. The Morgan fingerprint density at radius 1 is 0.913 bits per heavy atom. The fourth-order valence-electron chi connectivity index (χ4n) is 2.41. The summed E-state index contributed by atoms with van der Waals surface area (Å²) in [6.45, 7) is 4.18. The van der Waals surface area contributed by atoms with Crippen molar-refractivity contribution in [2.45, 2.75) is 26.9 Å². The molecule has 0 saturated carbocycles. The second-order valence-electron chi connectivity index (χ2n) is 6.01. The quantitative estimate of drug-likeness (QED) is 0.435. The number of benzene rings is 2. The van der Waals surface area contributed by atoms with E-state index in [4.69, 9.17) is 4.74 Å². The molecule has 0 aliphatic heterocycles. The Bertz CT molecular complexity index is 632. The molecule has 0 heterocycles. The van der Waals surface area contributed by atoms with Gasteiger partial charge in [-0.2, -0.15) is 0 Å². The molecule has 2 aromatic carbocycles. The zero-order chi connectivity index (χ0) is 16.7. The third-order valence-electron chi connectivity index (χ3n) is 3.59. The van der Waals surface area contributed by atoms with Crippen LogP contribution in [0.25, 0.3) is 0 Å². The van der Waals surface area contributed by atoms with Gasteiger partial charge in [0.05, 0.1) is 0 Å². The summed E-state index contributed by atoms with van der Waals surface area (Å²) in [4.78, 5) is 25.1. The van der Waals surface area contributed by atoms with Crippen molar-refractivity contribution in [3.05, 3.63) is 71.8 Å². The third-order valence-corrected chi connectivity index (χ3v) is 3.59. The summed E-state index contributed by atoms with van der Waals surface area (Å²) in [5.74, 6) is -1.13. The van der Waals surface area contributed by atoms with Crippen molar-refractivity contribution >= 4 is 11.8 Å². The molecule has 0 fully saturated rings. The minimum absolute atomic E-state index is 0.169. The van der Waals surface area contributed by atoms with Crippen LogP contribution in [0.15, 0.2) is 60.7 Å². The maximum Gasteiger partial charge on any atom is 0.317 e. The second-order valence-corrected chi connectivity index (χ2v) is 6.01. The number of ketones is 1. The molecule has 3 nitrogen and oxygen atoms in total. The van der Waals surface area contributed by atoms with E-state index in [0.29, 0.717) is 12.0 Å². The van der Waals surface area contributed by atoms with E-state index >= 15 is 0 Å². The smallest absolute Gasteiger partial charge is 0.317 e. The van der Waals surface area contributed by atoms with E-state index in [9.17, 15) is 9.59 Å². The summed E-state index contributed by atoms with van der Waals surface area (Å²) < 4.78 is 5.37. The summed E-state index contributed by atoms with van der Waals surface area (Å²) in [5, 5.41) is 0. The van der Waals surface area contributed by atoms with Crippen molar-refractivity contribution in [3.63, 3.8) is 0 Å². The molecule has 1 atom stereocenters. The summed E-state index contributed by atoms with van der Waals surface area (Å²) in [6, 6.07) is 18.4. The van der Waals surface area contributed by atoms with Crippen molar-refractivity contribution in [1.82, 2.24) is 0 Å². The lowest BCUT2D eigenvalue weighted by atomic mass is 9.90. The topological polar surface area (TPSA) is 43.4 Å². The normalized spacial score (nSPS) is 12.0. The number of Topliss-reactive ketones (excluding diaryl/α,β-unsaturated/α-hetero) is 1. The lowest BCUT2D eigenvalue weighted by Crippen LogP contribution is -2.27. The molecule has 0 radical (unpaired) electrons. The van der Waals surface area contributed by atoms with Crippen molar-refractivity contribution in [2.75, 3.05) is 0 Å². The van der Waals surface area contributed by atoms with Gasteiger partial charge in [-0.3, -0.25) is 9.59 Å². The van der Waals surface area contributed by atoms with E-state index in [-0.39, 0.29) is 18.3 Å². The van der Waals surface area contributed by atoms with Gasteiger partial charge in [-0.15, -0.1) is 0 Å². The predicted octanol–water partition coefficient (Wildman–Crippen LogP) is 4.28. The van der Waals surface area contributed by atoms with Gasteiger partial charge >= 0.3 is 5.97 Å². The fourth-order valence-corrected chi connectivity index (χ4v) is 2.41. The van der Waals surface area contributed by atoms with Crippen LogP contribution >= 0.6 is 0 Å². The first-order valence-corrected chi connectivity index (χ1v) is 7.87. The Kier molecular flexibility index (Phi) is 6.10. The molecule has 1 unspecified atom stereocenters. The van der Waals surface area contributed by atoms with Crippen molar-refractivity contribution in [3.8, 4) is 0 Å². The number of esters is 1. The zero-order valence-electron chi connectivity index (χ0n) is 13.6. The standard InChI is InChI=1S/C20H22O3/c1-15(2)13-18(19(21)17-11-7-4-8-12-17)20(22)23-14-16-9-5-3-6-10-16/h3-12,15,18H,13-14H2,1-2H3. The highest BCUT2D eigenvalue weighted by Crippen LogP contribution is 2.20. The first-order chi connectivity index (χ1) is 11.1. The van der Waals surface area contributed by atoms with Gasteiger partial charge in [0.15, 0.2) is 5.78 Å². The van der Waals surface area contributed by atoms with Gasteiger partial charge in [-0.1, -0.05) is 74.5 Å². The summed E-state index contributed by atoms with van der Waals surface area (Å²) in [7, 11) is 0. The minimum atomic E-state index is -0.749. The van der Waals surface area contributed by atoms with Crippen LogP contribution in [-0.2, 0) is 16.1 Å². The minimum Gasteiger partial charge on any atom is -0.460 e. The molecule has 0 N–H and O–H groups in total. The summed E-state index contributed by atoms with van der Waals surface area (Å²) >= 11 is 0. The Balaban J connectivity index is 2.08. The monoisotopic (exact) mass is 310 g/mol. The number of hydrogen-bond donors (Lipinski definition) is 0. The lowest BCUT2D eigenvalue weighted by Gasteiger charge is -2.17. The molecule has 0 aliphatic rings. The van der Waals surface area contributed by atoms with Gasteiger partial charge in [0.2, 0.25) is 0 Å². The number of carbonyl (C=O) groups is 2. The molecule has 120 valence electrons. The highest BCUT2D eigenvalue weighted by molar-refractivity contribution is 6.08. The Hall–Kier alpha value is -2.42.